The van der Waals surface area contributed by atoms with Crippen molar-refractivity contribution in [2.24, 2.45) is 0 Å². The first-order valence-electron chi connectivity index (χ1n) is 12.2. The van der Waals surface area contributed by atoms with E-state index in [2.05, 4.69) is 51.7 Å². The number of nitrogens with zero attached hydrogens (tertiary/aromatic N) is 2. The lowest BCUT2D eigenvalue weighted by Gasteiger charge is -2.12. The fourth-order valence-electron chi connectivity index (χ4n) is 5.21. The van der Waals surface area contributed by atoms with Gasteiger partial charge in [0.05, 0.1) is 11.4 Å². The quantitative estimate of drug-likeness (QED) is 0.244. The Hall–Kier alpha value is -3.41. The Kier molecular flexibility index (Phi) is 5.90. The third-order valence-electron chi connectivity index (χ3n) is 6.93. The Labute approximate surface area is 220 Å². The van der Waals surface area contributed by atoms with Gasteiger partial charge in [-0.05, 0) is 73.7 Å². The molecule has 0 saturated carbocycles. The molecular formula is C30H25ClFN3S. The number of hydrogen-bond acceptors (Lipinski definition) is 1. The fraction of sp³-hybridized carbons (Fsp3) is 0.167. The summed E-state index contributed by atoms with van der Waals surface area (Å²) < 4.78 is 18.5. The molecule has 0 atom stereocenters. The van der Waals surface area contributed by atoms with E-state index in [0.717, 1.165) is 54.0 Å². The van der Waals surface area contributed by atoms with E-state index in [9.17, 15) is 4.39 Å². The maximum Gasteiger partial charge on any atom is 0.128 e. The van der Waals surface area contributed by atoms with Gasteiger partial charge in [0.25, 0.3) is 0 Å². The molecule has 36 heavy (non-hydrogen) atoms. The van der Waals surface area contributed by atoms with Crippen molar-refractivity contribution in [1.82, 2.24) is 8.97 Å². The number of thiocarbonyl (C=S) groups is 1. The summed E-state index contributed by atoms with van der Waals surface area (Å²) in [6.45, 7) is 3.05. The molecule has 0 bridgehead atoms. The molecule has 1 aliphatic heterocycles. The van der Waals surface area contributed by atoms with E-state index in [-0.39, 0.29) is 5.82 Å². The monoisotopic (exact) mass is 513 g/mol. The summed E-state index contributed by atoms with van der Waals surface area (Å²) in [7, 11) is 0. The molecule has 3 heterocycles. The third kappa shape index (κ3) is 4.02. The van der Waals surface area contributed by atoms with Gasteiger partial charge in [0, 0.05) is 34.6 Å². The van der Waals surface area contributed by atoms with E-state index in [4.69, 9.17) is 23.8 Å². The summed E-state index contributed by atoms with van der Waals surface area (Å²) in [5.74, 6) is -0.247. The summed E-state index contributed by atoms with van der Waals surface area (Å²) in [5.41, 5.74) is 9.85. The minimum Gasteiger partial charge on any atom is -0.345 e. The minimum atomic E-state index is -0.247. The zero-order chi connectivity index (χ0) is 24.8. The predicted octanol–water partition coefficient (Wildman–Crippen LogP) is 8.30. The molecule has 0 radical (unpaired) electrons. The number of nitrogens with one attached hydrogen (secondary N) is 1. The number of halogens is 2. The number of rotatable bonds is 4. The molecule has 5 aromatic rings. The van der Waals surface area contributed by atoms with Crippen LogP contribution in [0.15, 0.2) is 79.0 Å². The predicted molar refractivity (Wildman–Crippen MR) is 151 cm³/mol. The molecular weight excluding hydrogens is 489 g/mol. The summed E-state index contributed by atoms with van der Waals surface area (Å²) >= 11 is 12.1. The molecule has 3 aromatic carbocycles. The molecule has 0 aliphatic carbocycles. The minimum absolute atomic E-state index is 0.247. The van der Waals surface area contributed by atoms with Gasteiger partial charge in [-0.25, -0.2) is 4.39 Å². The van der Waals surface area contributed by atoms with Crippen LogP contribution in [0.1, 0.15) is 29.7 Å². The Balaban J connectivity index is 1.60. The van der Waals surface area contributed by atoms with E-state index in [0.29, 0.717) is 10.0 Å². The Morgan fingerprint density at radius 2 is 1.61 bits per heavy atom. The number of hydrogen-bond donors (Lipinski definition) is 1. The van der Waals surface area contributed by atoms with Crippen molar-refractivity contribution in [3.63, 3.8) is 0 Å². The first-order chi connectivity index (χ1) is 17.5. The fourth-order valence-corrected chi connectivity index (χ4v) is 5.66. The second-order valence-electron chi connectivity index (χ2n) is 9.35. The van der Waals surface area contributed by atoms with Crippen LogP contribution in [0.3, 0.4) is 0 Å². The summed E-state index contributed by atoms with van der Waals surface area (Å²) in [5, 5.41) is 4.09. The van der Waals surface area contributed by atoms with Gasteiger partial charge in [-0.15, -0.1) is 0 Å². The molecule has 1 aliphatic rings. The SMILES string of the molecule is Cc1ccc(-c2cn3c(C(=S)Nc4ccc(Cl)cc4)c(-c4ccc(F)cc4)c4c3n2CCCC4)cc1. The van der Waals surface area contributed by atoms with Gasteiger partial charge in [0.2, 0.25) is 0 Å². The zero-order valence-electron chi connectivity index (χ0n) is 19.9. The lowest BCUT2D eigenvalue weighted by atomic mass is 9.98. The van der Waals surface area contributed by atoms with E-state index < -0.39 is 0 Å². The van der Waals surface area contributed by atoms with Gasteiger partial charge in [-0.3, -0.25) is 4.40 Å². The molecule has 0 amide bonds. The first kappa shape index (κ1) is 23.0. The Bertz CT molecular complexity index is 1580. The summed E-state index contributed by atoms with van der Waals surface area (Å²) in [6, 6.07) is 22.9. The van der Waals surface area contributed by atoms with Crippen molar-refractivity contribution < 1.29 is 4.39 Å². The topological polar surface area (TPSA) is 21.4 Å². The van der Waals surface area contributed by atoms with Crippen molar-refractivity contribution in [2.75, 3.05) is 5.32 Å². The van der Waals surface area contributed by atoms with Crippen LogP contribution in [0, 0.1) is 12.7 Å². The highest BCUT2D eigenvalue weighted by Crippen LogP contribution is 2.40. The second kappa shape index (κ2) is 9.23. The number of aryl methyl sites for hydroxylation is 3. The molecule has 0 fully saturated rings. The van der Waals surface area contributed by atoms with E-state index >= 15 is 0 Å². The summed E-state index contributed by atoms with van der Waals surface area (Å²) in [4.78, 5) is 0.617. The largest absolute Gasteiger partial charge is 0.345 e. The third-order valence-corrected chi connectivity index (χ3v) is 7.48. The van der Waals surface area contributed by atoms with Gasteiger partial charge in [-0.2, -0.15) is 0 Å². The van der Waals surface area contributed by atoms with Crippen molar-refractivity contribution >= 4 is 40.1 Å². The number of imidazole rings is 1. The van der Waals surface area contributed by atoms with Gasteiger partial charge in [0.15, 0.2) is 0 Å². The maximum absolute atomic E-state index is 13.9. The lowest BCUT2D eigenvalue weighted by Crippen LogP contribution is -2.14. The number of anilines is 1. The van der Waals surface area contributed by atoms with Gasteiger partial charge >= 0.3 is 0 Å². The van der Waals surface area contributed by atoms with Crippen LogP contribution in [0.5, 0.6) is 0 Å². The van der Waals surface area contributed by atoms with E-state index in [1.807, 2.05) is 36.4 Å². The van der Waals surface area contributed by atoms with Crippen molar-refractivity contribution in [2.45, 2.75) is 32.7 Å². The second-order valence-corrected chi connectivity index (χ2v) is 10.2. The number of aromatic nitrogens is 2. The van der Waals surface area contributed by atoms with Crippen LogP contribution >= 0.6 is 23.8 Å². The smallest absolute Gasteiger partial charge is 0.128 e. The molecule has 6 rings (SSSR count). The first-order valence-corrected chi connectivity index (χ1v) is 12.9. The van der Waals surface area contributed by atoms with Crippen LogP contribution in [0.25, 0.3) is 28.0 Å². The van der Waals surface area contributed by atoms with Crippen LogP contribution in [0.4, 0.5) is 10.1 Å². The Morgan fingerprint density at radius 3 is 2.33 bits per heavy atom. The highest BCUT2D eigenvalue weighted by Gasteiger charge is 2.28. The maximum atomic E-state index is 13.9. The highest BCUT2D eigenvalue weighted by molar-refractivity contribution is 7.81. The Morgan fingerprint density at radius 1 is 0.917 bits per heavy atom. The molecule has 2 aromatic heterocycles. The van der Waals surface area contributed by atoms with Crippen LogP contribution < -0.4 is 5.32 Å². The summed E-state index contributed by atoms with van der Waals surface area (Å²) in [6.07, 6.45) is 5.33. The molecule has 6 heteroatoms. The van der Waals surface area contributed by atoms with Crippen molar-refractivity contribution in [1.29, 1.82) is 0 Å². The normalized spacial score (nSPS) is 13.1. The van der Waals surface area contributed by atoms with Crippen molar-refractivity contribution in [3.8, 4) is 22.4 Å². The molecule has 180 valence electrons. The van der Waals surface area contributed by atoms with Crippen LogP contribution in [0.2, 0.25) is 5.02 Å². The molecule has 0 spiro atoms. The highest BCUT2D eigenvalue weighted by atomic mass is 35.5. The number of benzene rings is 3. The lowest BCUT2D eigenvalue weighted by molar-refractivity contribution is 0.628. The molecule has 0 unspecified atom stereocenters. The van der Waals surface area contributed by atoms with E-state index in [1.165, 1.54) is 34.5 Å². The average molecular weight is 514 g/mol. The zero-order valence-corrected chi connectivity index (χ0v) is 21.5. The van der Waals surface area contributed by atoms with Gasteiger partial charge in [-0.1, -0.05) is 65.8 Å². The molecule has 0 saturated heterocycles. The molecule has 3 nitrogen and oxygen atoms in total. The standard InChI is InChI=1S/C30H25ClFN3S/c1-19-5-7-20(8-6-19)26-18-35-28(29(36)33-24-15-11-22(31)12-16-24)27(21-9-13-23(32)14-10-21)25-4-2-3-17-34(26)30(25)35/h5-16,18H,2-4,17H2,1H3,(H,33,36). The van der Waals surface area contributed by atoms with Crippen LogP contribution in [-0.4, -0.2) is 14.0 Å². The van der Waals surface area contributed by atoms with Crippen LogP contribution in [-0.2, 0) is 13.0 Å². The van der Waals surface area contributed by atoms with Gasteiger partial charge < -0.3 is 9.88 Å². The van der Waals surface area contributed by atoms with E-state index in [1.54, 1.807) is 0 Å². The van der Waals surface area contributed by atoms with Gasteiger partial charge in [0.1, 0.15) is 16.5 Å². The average Bonchev–Trinajstić information content (AvgIpc) is 3.29. The van der Waals surface area contributed by atoms with Crippen molar-refractivity contribution in [3.05, 3.63) is 107 Å². The molecule has 1 N–H and O–H groups in total.